The maximum atomic E-state index is 10.4. The SMILES string of the molecule is COCC1CCCN(CC2CC(C(C)(C)C)CCC2O)C1. The molecule has 1 saturated carbocycles. The Morgan fingerprint density at radius 3 is 2.62 bits per heavy atom. The first-order valence-electron chi connectivity index (χ1n) is 8.79. The van der Waals surface area contributed by atoms with Gasteiger partial charge < -0.3 is 14.7 Å². The lowest BCUT2D eigenvalue weighted by atomic mass is 9.68. The number of nitrogens with zero attached hydrogens (tertiary/aromatic N) is 1. The number of piperidine rings is 1. The number of hydrogen-bond acceptors (Lipinski definition) is 3. The summed E-state index contributed by atoms with van der Waals surface area (Å²) in [6.45, 7) is 11.4. The van der Waals surface area contributed by atoms with Crippen LogP contribution >= 0.6 is 0 Å². The van der Waals surface area contributed by atoms with Gasteiger partial charge in [-0.1, -0.05) is 20.8 Å². The van der Waals surface area contributed by atoms with E-state index >= 15 is 0 Å². The first-order chi connectivity index (χ1) is 9.90. The molecule has 0 aromatic rings. The minimum Gasteiger partial charge on any atom is -0.393 e. The van der Waals surface area contributed by atoms with Gasteiger partial charge in [-0.25, -0.2) is 0 Å². The fraction of sp³-hybridized carbons (Fsp3) is 1.00. The molecule has 0 aromatic heterocycles. The molecule has 0 amide bonds. The van der Waals surface area contributed by atoms with E-state index in [1.807, 2.05) is 0 Å². The van der Waals surface area contributed by atoms with Gasteiger partial charge in [-0.15, -0.1) is 0 Å². The molecule has 0 spiro atoms. The molecule has 2 rings (SSSR count). The van der Waals surface area contributed by atoms with Crippen molar-refractivity contribution >= 4 is 0 Å². The number of methoxy groups -OCH3 is 1. The lowest BCUT2D eigenvalue weighted by Gasteiger charge is -2.43. The lowest BCUT2D eigenvalue weighted by molar-refractivity contribution is -0.00635. The Morgan fingerprint density at radius 2 is 1.95 bits per heavy atom. The number of ether oxygens (including phenoxy) is 1. The molecule has 3 nitrogen and oxygen atoms in total. The zero-order valence-electron chi connectivity index (χ0n) is 14.5. The van der Waals surface area contributed by atoms with Crippen LogP contribution in [0.2, 0.25) is 0 Å². The Bertz CT molecular complexity index is 311. The van der Waals surface area contributed by atoms with E-state index in [2.05, 4.69) is 25.7 Å². The van der Waals surface area contributed by atoms with Gasteiger partial charge in [0.1, 0.15) is 0 Å². The number of rotatable bonds is 4. The second-order valence-corrected chi connectivity index (χ2v) is 8.43. The molecule has 1 N–H and O–H groups in total. The summed E-state index contributed by atoms with van der Waals surface area (Å²) in [6, 6.07) is 0. The third kappa shape index (κ3) is 4.94. The number of aliphatic hydroxyl groups is 1. The Morgan fingerprint density at radius 1 is 1.19 bits per heavy atom. The van der Waals surface area contributed by atoms with Crippen LogP contribution in [0, 0.1) is 23.2 Å². The molecule has 3 heteroatoms. The summed E-state index contributed by atoms with van der Waals surface area (Å²) in [7, 11) is 1.80. The first kappa shape index (κ1) is 17.2. The van der Waals surface area contributed by atoms with Crippen molar-refractivity contribution in [1.82, 2.24) is 4.90 Å². The standard InChI is InChI=1S/C18H35NO2/c1-18(2,3)16-7-8-17(20)15(10-16)12-19-9-5-6-14(11-19)13-21-4/h14-17,20H,5-13H2,1-4H3. The van der Waals surface area contributed by atoms with Crippen molar-refractivity contribution in [2.75, 3.05) is 33.4 Å². The predicted octanol–water partition coefficient (Wildman–Crippen LogP) is 3.17. The van der Waals surface area contributed by atoms with E-state index in [4.69, 9.17) is 4.74 Å². The number of aliphatic hydroxyl groups excluding tert-OH is 1. The Kier molecular flexibility index (Phi) is 6.10. The van der Waals surface area contributed by atoms with Crippen LogP contribution in [0.4, 0.5) is 0 Å². The third-order valence-corrected chi connectivity index (χ3v) is 5.67. The van der Waals surface area contributed by atoms with Gasteiger partial charge in [0.2, 0.25) is 0 Å². The van der Waals surface area contributed by atoms with E-state index in [1.54, 1.807) is 7.11 Å². The zero-order valence-corrected chi connectivity index (χ0v) is 14.5. The molecule has 2 fully saturated rings. The second-order valence-electron chi connectivity index (χ2n) is 8.43. The molecule has 0 radical (unpaired) electrons. The topological polar surface area (TPSA) is 32.7 Å². The normalized spacial score (nSPS) is 35.9. The average molecular weight is 297 g/mol. The minimum absolute atomic E-state index is 0.0913. The molecule has 124 valence electrons. The summed E-state index contributed by atoms with van der Waals surface area (Å²) < 4.78 is 5.33. The molecule has 1 saturated heterocycles. The van der Waals surface area contributed by atoms with Gasteiger partial charge in [0.05, 0.1) is 12.7 Å². The summed E-state index contributed by atoms with van der Waals surface area (Å²) in [4.78, 5) is 2.58. The maximum absolute atomic E-state index is 10.4. The van der Waals surface area contributed by atoms with Crippen LogP contribution in [0.25, 0.3) is 0 Å². The van der Waals surface area contributed by atoms with Crippen molar-refractivity contribution in [3.8, 4) is 0 Å². The summed E-state index contributed by atoms with van der Waals surface area (Å²) in [6.07, 6.45) is 5.85. The van der Waals surface area contributed by atoms with E-state index in [-0.39, 0.29) is 6.10 Å². The largest absolute Gasteiger partial charge is 0.393 e. The van der Waals surface area contributed by atoms with Crippen LogP contribution in [0.15, 0.2) is 0 Å². The zero-order chi connectivity index (χ0) is 15.5. The van der Waals surface area contributed by atoms with Crippen molar-refractivity contribution in [3.63, 3.8) is 0 Å². The molecule has 1 aliphatic heterocycles. The van der Waals surface area contributed by atoms with E-state index < -0.39 is 0 Å². The van der Waals surface area contributed by atoms with Crippen LogP contribution < -0.4 is 0 Å². The van der Waals surface area contributed by atoms with Gasteiger partial charge >= 0.3 is 0 Å². The minimum atomic E-state index is -0.0913. The molecule has 4 unspecified atom stereocenters. The molecule has 1 heterocycles. The molecule has 2 aliphatic rings. The Balaban J connectivity index is 1.88. The Labute approximate surface area is 131 Å². The monoisotopic (exact) mass is 297 g/mol. The van der Waals surface area contributed by atoms with Crippen molar-refractivity contribution in [2.24, 2.45) is 23.2 Å². The summed E-state index contributed by atoms with van der Waals surface area (Å²) in [5, 5.41) is 10.4. The van der Waals surface area contributed by atoms with Gasteiger partial charge in [-0.2, -0.15) is 0 Å². The van der Waals surface area contributed by atoms with Gasteiger partial charge in [0.25, 0.3) is 0 Å². The maximum Gasteiger partial charge on any atom is 0.0580 e. The average Bonchev–Trinajstić information content (AvgIpc) is 2.41. The highest BCUT2D eigenvalue weighted by molar-refractivity contribution is 4.87. The van der Waals surface area contributed by atoms with Crippen LogP contribution in [0.5, 0.6) is 0 Å². The first-order valence-corrected chi connectivity index (χ1v) is 8.79. The third-order valence-electron chi connectivity index (χ3n) is 5.67. The highest BCUT2D eigenvalue weighted by Crippen LogP contribution is 2.40. The molecule has 0 aromatic carbocycles. The van der Waals surface area contributed by atoms with E-state index in [9.17, 15) is 5.11 Å². The highest BCUT2D eigenvalue weighted by Gasteiger charge is 2.36. The molecular formula is C18H35NO2. The Hall–Kier alpha value is -0.120. The lowest BCUT2D eigenvalue weighted by Crippen LogP contribution is -2.45. The van der Waals surface area contributed by atoms with Crippen molar-refractivity contribution < 1.29 is 9.84 Å². The van der Waals surface area contributed by atoms with Crippen molar-refractivity contribution in [1.29, 1.82) is 0 Å². The highest BCUT2D eigenvalue weighted by atomic mass is 16.5. The molecule has 21 heavy (non-hydrogen) atoms. The van der Waals surface area contributed by atoms with Gasteiger partial charge in [-0.3, -0.25) is 0 Å². The fourth-order valence-electron chi connectivity index (χ4n) is 4.25. The summed E-state index contributed by atoms with van der Waals surface area (Å²) in [5.41, 5.74) is 0.374. The van der Waals surface area contributed by atoms with Crippen LogP contribution in [-0.4, -0.2) is 49.5 Å². The summed E-state index contributed by atoms with van der Waals surface area (Å²) in [5.74, 6) is 1.90. The van der Waals surface area contributed by atoms with E-state index in [0.29, 0.717) is 17.3 Å². The van der Waals surface area contributed by atoms with Gasteiger partial charge in [-0.05, 0) is 61.8 Å². The predicted molar refractivity (Wildman–Crippen MR) is 87.3 cm³/mol. The smallest absolute Gasteiger partial charge is 0.0580 e. The van der Waals surface area contributed by atoms with Gasteiger partial charge in [0.15, 0.2) is 0 Å². The number of likely N-dealkylation sites (tertiary alicyclic amines) is 1. The molecule has 1 aliphatic carbocycles. The molecular weight excluding hydrogens is 262 g/mol. The summed E-state index contributed by atoms with van der Waals surface area (Å²) >= 11 is 0. The fourth-order valence-corrected chi connectivity index (χ4v) is 4.25. The molecule has 4 atom stereocenters. The van der Waals surface area contributed by atoms with E-state index in [1.165, 1.54) is 32.2 Å². The molecule has 0 bridgehead atoms. The van der Waals surface area contributed by atoms with Crippen LogP contribution in [-0.2, 0) is 4.74 Å². The van der Waals surface area contributed by atoms with Crippen molar-refractivity contribution in [3.05, 3.63) is 0 Å². The van der Waals surface area contributed by atoms with Crippen LogP contribution in [0.3, 0.4) is 0 Å². The van der Waals surface area contributed by atoms with Gasteiger partial charge in [0, 0.05) is 20.2 Å². The van der Waals surface area contributed by atoms with Crippen LogP contribution in [0.1, 0.15) is 52.9 Å². The quantitative estimate of drug-likeness (QED) is 0.865. The van der Waals surface area contributed by atoms with Crippen molar-refractivity contribution in [2.45, 2.75) is 59.0 Å². The van der Waals surface area contributed by atoms with E-state index in [0.717, 1.165) is 32.0 Å². The number of hydrogen-bond donors (Lipinski definition) is 1. The second kappa shape index (κ2) is 7.43.